The number of benzene rings is 2. The number of aromatic amines is 1. The second-order valence-electron chi connectivity index (χ2n) is 10.6. The van der Waals surface area contributed by atoms with Crippen LogP contribution in [0.1, 0.15) is 35.5 Å². The molecule has 5 aromatic rings. The number of amides is 2. The molecule has 8 nitrogen and oxygen atoms in total. The van der Waals surface area contributed by atoms with Crippen LogP contribution in [0.25, 0.3) is 39.4 Å². The lowest BCUT2D eigenvalue weighted by atomic mass is 9.98. The van der Waals surface area contributed by atoms with Gasteiger partial charge < -0.3 is 15.2 Å². The fourth-order valence-corrected chi connectivity index (χ4v) is 5.71. The van der Waals surface area contributed by atoms with Gasteiger partial charge in [-0.3, -0.25) is 19.6 Å². The molecule has 2 aromatic carbocycles. The molecule has 2 amide bonds. The van der Waals surface area contributed by atoms with Gasteiger partial charge in [-0.2, -0.15) is 0 Å². The molecule has 7 rings (SSSR count). The average Bonchev–Trinajstić information content (AvgIpc) is 3.74. The second kappa shape index (κ2) is 10.1. The summed E-state index contributed by atoms with van der Waals surface area (Å²) in [5.74, 6) is 0.772. The van der Waals surface area contributed by atoms with Crippen LogP contribution in [0.4, 0.5) is 5.69 Å². The summed E-state index contributed by atoms with van der Waals surface area (Å²) in [5, 5.41) is 3.01. The molecule has 0 atom stereocenters. The number of aromatic nitrogens is 4. The van der Waals surface area contributed by atoms with Crippen LogP contribution in [0.5, 0.6) is 0 Å². The summed E-state index contributed by atoms with van der Waals surface area (Å²) in [4.78, 5) is 44.1. The molecule has 1 fully saturated rings. The number of nitrogens with zero attached hydrogens (tertiary/aromatic N) is 4. The van der Waals surface area contributed by atoms with Crippen molar-refractivity contribution in [3.63, 3.8) is 0 Å². The highest BCUT2D eigenvalue weighted by molar-refractivity contribution is 6.01. The molecule has 0 saturated carbocycles. The highest BCUT2D eigenvalue weighted by Gasteiger charge is 2.24. The molecule has 1 aliphatic carbocycles. The summed E-state index contributed by atoms with van der Waals surface area (Å²) in [6.45, 7) is 3.11. The van der Waals surface area contributed by atoms with E-state index in [0.29, 0.717) is 25.0 Å². The topological polar surface area (TPSA) is 104 Å². The van der Waals surface area contributed by atoms with Crippen LogP contribution in [-0.2, 0) is 22.6 Å². The van der Waals surface area contributed by atoms with Crippen LogP contribution in [0.2, 0.25) is 0 Å². The van der Waals surface area contributed by atoms with Crippen LogP contribution >= 0.6 is 0 Å². The molecule has 4 heterocycles. The Morgan fingerprint density at radius 1 is 1.05 bits per heavy atom. The number of anilines is 1. The number of pyridine rings is 2. The first-order valence-corrected chi connectivity index (χ1v) is 13.8. The normalized spacial score (nSPS) is 14.4. The first kappa shape index (κ1) is 24.9. The van der Waals surface area contributed by atoms with Crippen LogP contribution in [0.15, 0.2) is 78.8 Å². The van der Waals surface area contributed by atoms with Crippen molar-refractivity contribution in [3.8, 4) is 22.3 Å². The number of rotatable bonds is 6. The van der Waals surface area contributed by atoms with Gasteiger partial charge in [0.2, 0.25) is 11.8 Å². The van der Waals surface area contributed by atoms with Crippen molar-refractivity contribution < 1.29 is 9.59 Å². The van der Waals surface area contributed by atoms with E-state index < -0.39 is 0 Å². The van der Waals surface area contributed by atoms with Crippen molar-refractivity contribution in [2.45, 2.75) is 32.7 Å². The van der Waals surface area contributed by atoms with E-state index in [9.17, 15) is 9.59 Å². The zero-order valence-electron chi connectivity index (χ0n) is 22.6. The Kier molecular flexibility index (Phi) is 6.15. The summed E-state index contributed by atoms with van der Waals surface area (Å²) in [5.41, 5.74) is 10.3. The standard InChI is InChI=1S/C33H28N6O2/c1-20-4-2-5-28-32(20)38-30(37-28)19-36-33(41)22-15-27-26(11-12-35-29(27)16-22)24-14-23(17-34-18-24)21-7-9-25(10-8-21)39-13-3-6-31(39)40/h2,4-5,7-12,14-15,17-18H,3,6,13,16,19H2,1H3,(H,36,41)(H,37,38). The molecule has 2 aliphatic rings. The Balaban J connectivity index is 1.10. The zero-order valence-corrected chi connectivity index (χ0v) is 22.6. The maximum Gasteiger partial charge on any atom is 0.247 e. The van der Waals surface area contributed by atoms with Gasteiger partial charge in [-0.05, 0) is 66.4 Å². The summed E-state index contributed by atoms with van der Waals surface area (Å²) >= 11 is 0. The molecule has 0 bridgehead atoms. The Morgan fingerprint density at radius 2 is 1.90 bits per heavy atom. The molecular weight excluding hydrogens is 512 g/mol. The highest BCUT2D eigenvalue weighted by atomic mass is 16.2. The molecule has 0 spiro atoms. The van der Waals surface area contributed by atoms with Crippen molar-refractivity contribution in [2.24, 2.45) is 0 Å². The third-order valence-electron chi connectivity index (χ3n) is 7.86. The molecule has 202 valence electrons. The summed E-state index contributed by atoms with van der Waals surface area (Å²) < 4.78 is 0. The van der Waals surface area contributed by atoms with Crippen molar-refractivity contribution in [1.29, 1.82) is 0 Å². The molecule has 2 N–H and O–H groups in total. The van der Waals surface area contributed by atoms with Gasteiger partial charge in [-0.1, -0.05) is 24.3 Å². The number of H-pyrrole nitrogens is 1. The van der Waals surface area contributed by atoms with E-state index in [0.717, 1.165) is 74.6 Å². The van der Waals surface area contributed by atoms with Crippen LogP contribution in [0, 0.1) is 6.92 Å². The van der Waals surface area contributed by atoms with Crippen molar-refractivity contribution >= 4 is 34.6 Å². The smallest absolute Gasteiger partial charge is 0.247 e. The fraction of sp³-hybridized carbons (Fsp3) is 0.182. The van der Waals surface area contributed by atoms with Crippen LogP contribution in [0.3, 0.4) is 0 Å². The molecular formula is C33H28N6O2. The number of carbonyl (C=O) groups excluding carboxylic acids is 2. The minimum atomic E-state index is -0.130. The van der Waals surface area contributed by atoms with E-state index in [4.69, 9.17) is 0 Å². The van der Waals surface area contributed by atoms with Crippen molar-refractivity contribution in [3.05, 3.63) is 101 Å². The number of carbonyl (C=O) groups is 2. The van der Waals surface area contributed by atoms with E-state index in [2.05, 4.69) is 31.3 Å². The zero-order chi connectivity index (χ0) is 27.9. The lowest BCUT2D eigenvalue weighted by molar-refractivity contribution is -0.118. The van der Waals surface area contributed by atoms with E-state index in [1.54, 1.807) is 6.20 Å². The van der Waals surface area contributed by atoms with Gasteiger partial charge >= 0.3 is 0 Å². The number of aryl methyl sites for hydroxylation is 1. The molecule has 1 aliphatic heterocycles. The van der Waals surface area contributed by atoms with Gasteiger partial charge in [0, 0.05) is 65.9 Å². The Labute approximate surface area is 237 Å². The van der Waals surface area contributed by atoms with Gasteiger partial charge in [-0.25, -0.2) is 4.98 Å². The third kappa shape index (κ3) is 4.67. The lowest BCUT2D eigenvalue weighted by Crippen LogP contribution is -2.25. The lowest BCUT2D eigenvalue weighted by Gasteiger charge is -2.16. The summed E-state index contributed by atoms with van der Waals surface area (Å²) in [6, 6.07) is 18.1. The fourth-order valence-electron chi connectivity index (χ4n) is 5.71. The van der Waals surface area contributed by atoms with Gasteiger partial charge in [0.25, 0.3) is 0 Å². The number of fused-ring (bicyclic) bond motifs is 2. The first-order chi connectivity index (χ1) is 20.0. The first-order valence-electron chi connectivity index (χ1n) is 13.8. The maximum absolute atomic E-state index is 13.1. The van der Waals surface area contributed by atoms with E-state index >= 15 is 0 Å². The van der Waals surface area contributed by atoms with Gasteiger partial charge in [-0.15, -0.1) is 0 Å². The molecule has 1 saturated heterocycles. The van der Waals surface area contributed by atoms with Crippen molar-refractivity contribution in [1.82, 2.24) is 25.3 Å². The molecule has 8 heteroatoms. The monoisotopic (exact) mass is 540 g/mol. The Morgan fingerprint density at radius 3 is 2.71 bits per heavy atom. The molecule has 3 aromatic heterocycles. The van der Waals surface area contributed by atoms with Crippen LogP contribution < -0.4 is 10.2 Å². The minimum absolute atomic E-state index is 0.130. The number of para-hydroxylation sites is 1. The van der Waals surface area contributed by atoms with Gasteiger partial charge in [0.15, 0.2) is 0 Å². The quantitative estimate of drug-likeness (QED) is 0.301. The molecule has 0 radical (unpaired) electrons. The summed E-state index contributed by atoms with van der Waals surface area (Å²) in [6.07, 6.45) is 9.39. The second-order valence-corrected chi connectivity index (χ2v) is 10.6. The molecule has 0 unspecified atom stereocenters. The SMILES string of the molecule is Cc1cccc2[nH]c(CNC(=O)C3=Cc4c(-c5cncc(-c6ccc(N7CCCC7=O)cc6)c5)ccnc4C3)nc12. The van der Waals surface area contributed by atoms with Gasteiger partial charge in [0.1, 0.15) is 5.82 Å². The number of hydrogen-bond donors (Lipinski definition) is 2. The number of imidazole rings is 1. The van der Waals surface area contributed by atoms with Gasteiger partial charge in [0.05, 0.1) is 23.3 Å². The minimum Gasteiger partial charge on any atom is -0.345 e. The Hall–Kier alpha value is -5.11. The average molecular weight is 541 g/mol. The van der Waals surface area contributed by atoms with E-state index in [-0.39, 0.29) is 11.8 Å². The molecule has 41 heavy (non-hydrogen) atoms. The van der Waals surface area contributed by atoms with E-state index in [1.807, 2.05) is 78.8 Å². The van der Waals surface area contributed by atoms with Crippen LogP contribution in [-0.4, -0.2) is 38.3 Å². The maximum atomic E-state index is 13.1. The summed E-state index contributed by atoms with van der Waals surface area (Å²) in [7, 11) is 0. The predicted molar refractivity (Wildman–Crippen MR) is 159 cm³/mol. The third-order valence-corrected chi connectivity index (χ3v) is 7.86. The van der Waals surface area contributed by atoms with Crippen molar-refractivity contribution in [2.75, 3.05) is 11.4 Å². The Bertz CT molecular complexity index is 1850. The highest BCUT2D eigenvalue weighted by Crippen LogP contribution is 2.34. The number of hydrogen-bond acceptors (Lipinski definition) is 5. The van der Waals surface area contributed by atoms with E-state index in [1.165, 1.54) is 0 Å². The largest absolute Gasteiger partial charge is 0.345 e. The predicted octanol–water partition coefficient (Wildman–Crippen LogP) is 5.38. The number of nitrogens with one attached hydrogen (secondary N) is 2.